The summed E-state index contributed by atoms with van der Waals surface area (Å²) in [5.74, 6) is -0.372. The maximum absolute atomic E-state index is 13.0. The van der Waals surface area contributed by atoms with Gasteiger partial charge in [-0.2, -0.15) is 4.31 Å². The Morgan fingerprint density at radius 3 is 2.32 bits per heavy atom. The summed E-state index contributed by atoms with van der Waals surface area (Å²) in [6.07, 6.45) is 1.87. The molecule has 1 atom stereocenters. The molecule has 0 aliphatic rings. The van der Waals surface area contributed by atoms with Crippen LogP contribution in [-0.4, -0.2) is 31.9 Å². The average Bonchev–Trinajstić information content (AvgIpc) is 2.57. The van der Waals surface area contributed by atoms with Crippen molar-refractivity contribution in [3.63, 3.8) is 0 Å². The van der Waals surface area contributed by atoms with Crippen LogP contribution in [0.1, 0.15) is 29.7 Å². The number of amides is 1. The van der Waals surface area contributed by atoms with Crippen LogP contribution in [0.4, 0.5) is 5.69 Å². The van der Waals surface area contributed by atoms with Crippen LogP contribution in [0.5, 0.6) is 0 Å². The number of para-hydroxylation sites is 1. The SMILES string of the molecule is CCc1cccc(C)c1NC(=O)[C@@H](c1ccccc1)N(C)S(C)(=O)=O. The molecule has 0 unspecified atom stereocenters. The predicted octanol–water partition coefficient (Wildman–Crippen LogP) is 3.13. The fraction of sp³-hybridized carbons (Fsp3) is 0.316. The van der Waals surface area contributed by atoms with E-state index < -0.39 is 16.1 Å². The van der Waals surface area contributed by atoms with Gasteiger partial charge in [0.25, 0.3) is 0 Å². The Morgan fingerprint density at radius 1 is 1.12 bits per heavy atom. The normalized spacial score (nSPS) is 12.8. The lowest BCUT2D eigenvalue weighted by Crippen LogP contribution is -2.38. The van der Waals surface area contributed by atoms with Crippen molar-refractivity contribution in [3.8, 4) is 0 Å². The van der Waals surface area contributed by atoms with Crippen LogP contribution >= 0.6 is 0 Å². The minimum atomic E-state index is -3.54. The van der Waals surface area contributed by atoms with Gasteiger partial charge in [-0.25, -0.2) is 8.42 Å². The molecule has 0 heterocycles. The highest BCUT2D eigenvalue weighted by Gasteiger charge is 2.31. The van der Waals surface area contributed by atoms with Crippen LogP contribution in [0, 0.1) is 6.92 Å². The van der Waals surface area contributed by atoms with E-state index in [-0.39, 0.29) is 5.91 Å². The van der Waals surface area contributed by atoms with Gasteiger partial charge in [-0.15, -0.1) is 0 Å². The Morgan fingerprint density at radius 2 is 1.76 bits per heavy atom. The molecule has 1 N–H and O–H groups in total. The molecule has 6 heteroatoms. The fourth-order valence-electron chi connectivity index (χ4n) is 2.75. The van der Waals surface area contributed by atoms with Crippen molar-refractivity contribution in [3.05, 3.63) is 65.2 Å². The van der Waals surface area contributed by atoms with E-state index in [1.165, 1.54) is 7.05 Å². The highest BCUT2D eigenvalue weighted by Crippen LogP contribution is 2.26. The molecule has 0 aliphatic carbocycles. The first-order valence-corrected chi connectivity index (χ1v) is 9.97. The van der Waals surface area contributed by atoms with Gasteiger partial charge in [-0.3, -0.25) is 4.79 Å². The third-order valence-corrected chi connectivity index (χ3v) is 5.50. The number of anilines is 1. The molecule has 0 saturated carbocycles. The molecule has 2 aromatic rings. The molecule has 2 rings (SSSR count). The van der Waals surface area contributed by atoms with Gasteiger partial charge in [0.15, 0.2) is 0 Å². The highest BCUT2D eigenvalue weighted by molar-refractivity contribution is 7.88. The monoisotopic (exact) mass is 360 g/mol. The maximum Gasteiger partial charge on any atom is 0.247 e. The molecule has 0 spiro atoms. The Bertz CT molecular complexity index is 848. The first-order valence-electron chi connectivity index (χ1n) is 8.13. The number of carbonyl (C=O) groups excluding carboxylic acids is 1. The van der Waals surface area contributed by atoms with Crippen LogP contribution in [0.2, 0.25) is 0 Å². The molecule has 1 amide bonds. The van der Waals surface area contributed by atoms with Crippen LogP contribution < -0.4 is 5.32 Å². The predicted molar refractivity (Wildman–Crippen MR) is 101 cm³/mol. The molecule has 0 fully saturated rings. The summed E-state index contributed by atoms with van der Waals surface area (Å²) in [4.78, 5) is 13.0. The summed E-state index contributed by atoms with van der Waals surface area (Å²) in [5.41, 5.74) is 3.33. The topological polar surface area (TPSA) is 66.5 Å². The molecule has 5 nitrogen and oxygen atoms in total. The molecular formula is C19H24N2O3S. The van der Waals surface area contributed by atoms with E-state index in [0.29, 0.717) is 5.56 Å². The summed E-state index contributed by atoms with van der Waals surface area (Å²) in [6.45, 7) is 3.94. The largest absolute Gasteiger partial charge is 0.324 e. The van der Waals surface area contributed by atoms with Gasteiger partial charge in [0.2, 0.25) is 15.9 Å². The van der Waals surface area contributed by atoms with Crippen molar-refractivity contribution in [2.45, 2.75) is 26.3 Å². The van der Waals surface area contributed by atoms with Gasteiger partial charge in [-0.05, 0) is 30.0 Å². The van der Waals surface area contributed by atoms with Crippen molar-refractivity contribution >= 4 is 21.6 Å². The second-order valence-electron chi connectivity index (χ2n) is 6.04. The molecule has 0 bridgehead atoms. The van der Waals surface area contributed by atoms with Gasteiger partial charge in [-0.1, -0.05) is 55.5 Å². The minimum absolute atomic E-state index is 0.372. The van der Waals surface area contributed by atoms with E-state index in [2.05, 4.69) is 5.32 Å². The number of likely N-dealkylation sites (N-methyl/N-ethyl adjacent to an activating group) is 1. The first kappa shape index (κ1) is 19.1. The van der Waals surface area contributed by atoms with E-state index >= 15 is 0 Å². The molecule has 0 radical (unpaired) electrons. The number of rotatable bonds is 6. The second kappa shape index (κ2) is 7.80. The van der Waals surface area contributed by atoms with E-state index in [0.717, 1.165) is 33.8 Å². The number of hydrogen-bond acceptors (Lipinski definition) is 3. The van der Waals surface area contributed by atoms with Crippen molar-refractivity contribution in [2.75, 3.05) is 18.6 Å². The lowest BCUT2D eigenvalue weighted by atomic mass is 10.0. The third-order valence-electron chi connectivity index (χ3n) is 4.24. The summed E-state index contributed by atoms with van der Waals surface area (Å²) in [7, 11) is -2.12. The van der Waals surface area contributed by atoms with Crippen LogP contribution in [0.15, 0.2) is 48.5 Å². The Hall–Kier alpha value is -2.18. The van der Waals surface area contributed by atoms with Gasteiger partial charge in [0, 0.05) is 12.7 Å². The zero-order valence-electron chi connectivity index (χ0n) is 15.0. The van der Waals surface area contributed by atoms with E-state index in [4.69, 9.17) is 0 Å². The zero-order chi connectivity index (χ0) is 18.6. The number of nitrogens with zero attached hydrogens (tertiary/aromatic N) is 1. The van der Waals surface area contributed by atoms with E-state index in [1.807, 2.05) is 38.1 Å². The van der Waals surface area contributed by atoms with Gasteiger partial charge in [0.05, 0.1) is 6.26 Å². The lowest BCUT2D eigenvalue weighted by Gasteiger charge is -2.26. The molecule has 0 aliphatic heterocycles. The van der Waals surface area contributed by atoms with Crippen LogP contribution in [0.3, 0.4) is 0 Å². The second-order valence-corrected chi connectivity index (χ2v) is 8.09. The molecule has 25 heavy (non-hydrogen) atoms. The molecular weight excluding hydrogens is 336 g/mol. The number of sulfonamides is 1. The van der Waals surface area contributed by atoms with Gasteiger partial charge >= 0.3 is 0 Å². The summed E-state index contributed by atoms with van der Waals surface area (Å²) in [5, 5.41) is 2.94. The molecule has 2 aromatic carbocycles. The third kappa shape index (κ3) is 4.46. The molecule has 134 valence electrons. The smallest absolute Gasteiger partial charge is 0.247 e. The molecule has 0 saturated heterocycles. The summed E-state index contributed by atoms with van der Waals surface area (Å²) in [6, 6.07) is 13.8. The van der Waals surface area contributed by atoms with Crippen molar-refractivity contribution in [1.29, 1.82) is 0 Å². The Kier molecular flexibility index (Phi) is 5.98. The lowest BCUT2D eigenvalue weighted by molar-refractivity contribution is -0.119. The quantitative estimate of drug-likeness (QED) is 0.861. The highest BCUT2D eigenvalue weighted by atomic mass is 32.2. The van der Waals surface area contributed by atoms with Crippen molar-refractivity contribution in [1.82, 2.24) is 4.31 Å². The number of hydrogen-bond donors (Lipinski definition) is 1. The Labute approximate surface area is 149 Å². The average molecular weight is 360 g/mol. The van der Waals surface area contributed by atoms with Crippen molar-refractivity contribution < 1.29 is 13.2 Å². The minimum Gasteiger partial charge on any atom is -0.324 e. The summed E-state index contributed by atoms with van der Waals surface area (Å²) < 4.78 is 25.2. The first-order chi connectivity index (χ1) is 11.8. The van der Waals surface area contributed by atoms with Gasteiger partial charge in [0.1, 0.15) is 6.04 Å². The van der Waals surface area contributed by atoms with Gasteiger partial charge < -0.3 is 5.32 Å². The van der Waals surface area contributed by atoms with Crippen LogP contribution in [-0.2, 0) is 21.2 Å². The standard InChI is InChI=1S/C19H24N2O3S/c1-5-15-13-9-10-14(2)17(15)20-19(22)18(21(3)25(4,23)24)16-11-7-6-8-12-16/h6-13,18H,5H2,1-4H3,(H,20,22)/t18-/m1/s1. The van der Waals surface area contributed by atoms with E-state index in [1.54, 1.807) is 24.3 Å². The number of nitrogens with one attached hydrogen (secondary N) is 1. The fourth-order valence-corrected chi connectivity index (χ4v) is 3.35. The zero-order valence-corrected chi connectivity index (χ0v) is 15.8. The number of carbonyl (C=O) groups is 1. The maximum atomic E-state index is 13.0. The van der Waals surface area contributed by atoms with E-state index in [9.17, 15) is 13.2 Å². The number of benzene rings is 2. The van der Waals surface area contributed by atoms with Crippen LogP contribution in [0.25, 0.3) is 0 Å². The molecule has 0 aromatic heterocycles. The summed E-state index contributed by atoms with van der Waals surface area (Å²) >= 11 is 0. The Balaban J connectivity index is 2.44. The number of aryl methyl sites for hydroxylation is 2. The van der Waals surface area contributed by atoms with Crippen molar-refractivity contribution in [2.24, 2.45) is 0 Å².